The molecular weight excluding hydrogens is 390 g/mol. The van der Waals surface area contributed by atoms with Gasteiger partial charge in [-0.1, -0.05) is 44.0 Å². The van der Waals surface area contributed by atoms with Gasteiger partial charge >= 0.3 is 0 Å². The minimum absolute atomic E-state index is 0.103. The lowest BCUT2D eigenvalue weighted by Crippen LogP contribution is -2.46. The van der Waals surface area contributed by atoms with E-state index in [2.05, 4.69) is 36.3 Å². The first-order chi connectivity index (χ1) is 14.9. The van der Waals surface area contributed by atoms with Crippen LogP contribution in [0, 0.1) is 11.8 Å². The molecule has 6 heteroatoms. The molecule has 3 amide bonds. The standard InChI is InChI=1S/C25H27N3O3/c1-4-5-16-28-22-9-7-6-8-20(22)24(30)27-21(25(28)31)14-15-23(29)26-19-12-10-18(11-13-19)17(2)3/h6-13,17,21H,14-16H2,1-3H3,(H,26,29)(H,27,30). The van der Waals surface area contributed by atoms with E-state index in [1.807, 2.05) is 24.3 Å². The summed E-state index contributed by atoms with van der Waals surface area (Å²) in [5, 5.41) is 5.63. The first-order valence-electron chi connectivity index (χ1n) is 10.4. The second-order valence-electron chi connectivity index (χ2n) is 7.76. The van der Waals surface area contributed by atoms with Crippen LogP contribution in [-0.2, 0) is 9.59 Å². The van der Waals surface area contributed by atoms with Crippen molar-refractivity contribution < 1.29 is 14.4 Å². The van der Waals surface area contributed by atoms with Gasteiger partial charge in [0.25, 0.3) is 5.91 Å². The molecule has 0 fully saturated rings. The monoisotopic (exact) mass is 417 g/mol. The Morgan fingerprint density at radius 2 is 1.84 bits per heavy atom. The van der Waals surface area contributed by atoms with Crippen molar-refractivity contribution in [2.75, 3.05) is 16.8 Å². The topological polar surface area (TPSA) is 78.5 Å². The van der Waals surface area contributed by atoms with Crippen LogP contribution in [0.4, 0.5) is 11.4 Å². The number of rotatable bonds is 6. The number of hydrogen-bond donors (Lipinski definition) is 2. The summed E-state index contributed by atoms with van der Waals surface area (Å²) in [5.74, 6) is 5.30. The summed E-state index contributed by atoms with van der Waals surface area (Å²) in [7, 11) is 0. The number of benzene rings is 2. The highest BCUT2D eigenvalue weighted by molar-refractivity contribution is 6.11. The van der Waals surface area contributed by atoms with Crippen molar-refractivity contribution >= 4 is 29.1 Å². The minimum Gasteiger partial charge on any atom is -0.340 e. The molecule has 3 rings (SSSR count). The molecule has 0 saturated heterocycles. The number of amides is 3. The van der Waals surface area contributed by atoms with Gasteiger partial charge in [0.15, 0.2) is 0 Å². The molecule has 2 aromatic carbocycles. The predicted octanol–water partition coefficient (Wildman–Crippen LogP) is 3.70. The van der Waals surface area contributed by atoms with Gasteiger partial charge in [0.05, 0.1) is 17.8 Å². The average molecular weight is 418 g/mol. The van der Waals surface area contributed by atoms with Crippen LogP contribution in [0.25, 0.3) is 0 Å². The first-order valence-corrected chi connectivity index (χ1v) is 10.4. The summed E-state index contributed by atoms with van der Waals surface area (Å²) >= 11 is 0. The highest BCUT2D eigenvalue weighted by atomic mass is 16.2. The molecule has 1 aliphatic rings. The Morgan fingerprint density at radius 1 is 1.13 bits per heavy atom. The minimum atomic E-state index is -0.798. The van der Waals surface area contributed by atoms with Crippen LogP contribution in [0.2, 0.25) is 0 Å². The van der Waals surface area contributed by atoms with Gasteiger partial charge in [-0.2, -0.15) is 0 Å². The van der Waals surface area contributed by atoms with E-state index in [4.69, 9.17) is 0 Å². The lowest BCUT2D eigenvalue weighted by atomic mass is 10.0. The Bertz CT molecular complexity index is 1030. The van der Waals surface area contributed by atoms with E-state index >= 15 is 0 Å². The van der Waals surface area contributed by atoms with E-state index in [0.29, 0.717) is 22.9 Å². The maximum atomic E-state index is 13.1. The molecule has 0 spiro atoms. The summed E-state index contributed by atoms with van der Waals surface area (Å²) in [6.45, 7) is 6.11. The molecule has 2 N–H and O–H groups in total. The van der Waals surface area contributed by atoms with Gasteiger partial charge in [-0.25, -0.2) is 0 Å². The van der Waals surface area contributed by atoms with Crippen molar-refractivity contribution in [2.24, 2.45) is 0 Å². The molecule has 0 radical (unpaired) electrons. The van der Waals surface area contributed by atoms with E-state index < -0.39 is 6.04 Å². The number of carbonyl (C=O) groups is 3. The zero-order chi connectivity index (χ0) is 22.4. The Morgan fingerprint density at radius 3 is 2.52 bits per heavy atom. The molecule has 0 bridgehead atoms. The fraction of sp³-hybridized carbons (Fsp3) is 0.320. The maximum Gasteiger partial charge on any atom is 0.254 e. The van der Waals surface area contributed by atoms with E-state index in [1.165, 1.54) is 10.5 Å². The van der Waals surface area contributed by atoms with Crippen molar-refractivity contribution in [3.05, 3.63) is 59.7 Å². The van der Waals surface area contributed by atoms with Gasteiger partial charge in [0, 0.05) is 12.1 Å². The molecule has 0 aromatic heterocycles. The third kappa shape index (κ3) is 5.32. The van der Waals surface area contributed by atoms with Crippen LogP contribution >= 0.6 is 0 Å². The highest BCUT2D eigenvalue weighted by Crippen LogP contribution is 2.25. The zero-order valence-electron chi connectivity index (χ0n) is 18.1. The Hall–Kier alpha value is -3.59. The molecule has 0 aliphatic carbocycles. The van der Waals surface area contributed by atoms with Gasteiger partial charge in [-0.15, -0.1) is 5.92 Å². The van der Waals surface area contributed by atoms with E-state index in [0.717, 1.165) is 0 Å². The second-order valence-corrected chi connectivity index (χ2v) is 7.76. The number of nitrogens with zero attached hydrogens (tertiary/aromatic N) is 1. The molecule has 1 atom stereocenters. The summed E-state index contributed by atoms with van der Waals surface area (Å²) < 4.78 is 0. The van der Waals surface area contributed by atoms with Crippen molar-refractivity contribution in [3.63, 3.8) is 0 Å². The SMILES string of the molecule is CC#CCN1C(=O)C(CCC(=O)Nc2ccc(C(C)C)cc2)NC(=O)c2ccccc21. The molecule has 1 heterocycles. The molecule has 6 nitrogen and oxygen atoms in total. The normalized spacial score (nSPS) is 15.5. The zero-order valence-corrected chi connectivity index (χ0v) is 18.1. The van der Waals surface area contributed by atoms with Crippen molar-refractivity contribution in [3.8, 4) is 11.8 Å². The van der Waals surface area contributed by atoms with Crippen LogP contribution < -0.4 is 15.5 Å². The third-order valence-corrected chi connectivity index (χ3v) is 5.24. The number of para-hydroxylation sites is 1. The summed E-state index contributed by atoms with van der Waals surface area (Å²) in [5.41, 5.74) is 2.85. The van der Waals surface area contributed by atoms with Crippen LogP contribution in [0.1, 0.15) is 55.5 Å². The molecule has 160 valence electrons. The van der Waals surface area contributed by atoms with Crippen LogP contribution in [0.15, 0.2) is 48.5 Å². The van der Waals surface area contributed by atoms with Crippen LogP contribution in [0.3, 0.4) is 0 Å². The number of nitrogens with one attached hydrogen (secondary N) is 2. The van der Waals surface area contributed by atoms with E-state index in [9.17, 15) is 14.4 Å². The summed E-state index contributed by atoms with van der Waals surface area (Å²) in [6.07, 6.45) is 0.302. The number of hydrogen-bond acceptors (Lipinski definition) is 3. The number of carbonyl (C=O) groups excluding carboxylic acids is 3. The van der Waals surface area contributed by atoms with Gasteiger partial charge < -0.3 is 10.6 Å². The average Bonchev–Trinajstić information content (AvgIpc) is 2.86. The third-order valence-electron chi connectivity index (χ3n) is 5.24. The quantitative estimate of drug-likeness (QED) is 0.704. The predicted molar refractivity (Wildman–Crippen MR) is 122 cm³/mol. The molecule has 1 aliphatic heterocycles. The smallest absolute Gasteiger partial charge is 0.254 e. The van der Waals surface area contributed by atoms with Gasteiger partial charge in [-0.05, 0) is 49.1 Å². The fourth-order valence-corrected chi connectivity index (χ4v) is 3.47. The first kappa shape index (κ1) is 22.1. The van der Waals surface area contributed by atoms with E-state index in [1.54, 1.807) is 31.2 Å². The van der Waals surface area contributed by atoms with Crippen molar-refractivity contribution in [1.82, 2.24) is 5.32 Å². The van der Waals surface area contributed by atoms with Gasteiger partial charge in [0.2, 0.25) is 11.8 Å². The van der Waals surface area contributed by atoms with E-state index in [-0.39, 0.29) is 37.1 Å². The van der Waals surface area contributed by atoms with Crippen LogP contribution in [0.5, 0.6) is 0 Å². The highest BCUT2D eigenvalue weighted by Gasteiger charge is 2.33. The number of anilines is 2. The second kappa shape index (κ2) is 9.94. The Labute approximate surface area is 183 Å². The molecule has 31 heavy (non-hydrogen) atoms. The summed E-state index contributed by atoms with van der Waals surface area (Å²) in [6, 6.07) is 13.9. The lowest BCUT2D eigenvalue weighted by molar-refractivity contribution is -0.120. The van der Waals surface area contributed by atoms with Crippen molar-refractivity contribution in [2.45, 2.75) is 45.6 Å². The Balaban J connectivity index is 1.69. The van der Waals surface area contributed by atoms with Crippen LogP contribution in [-0.4, -0.2) is 30.3 Å². The maximum absolute atomic E-state index is 13.1. The lowest BCUT2D eigenvalue weighted by Gasteiger charge is -2.23. The molecule has 0 saturated carbocycles. The fourth-order valence-electron chi connectivity index (χ4n) is 3.47. The van der Waals surface area contributed by atoms with Crippen molar-refractivity contribution in [1.29, 1.82) is 0 Å². The number of fused-ring (bicyclic) bond motifs is 1. The molecular formula is C25H27N3O3. The van der Waals surface area contributed by atoms with Gasteiger partial charge in [0.1, 0.15) is 6.04 Å². The largest absolute Gasteiger partial charge is 0.340 e. The molecule has 1 unspecified atom stereocenters. The Kier molecular flexibility index (Phi) is 7.09. The van der Waals surface area contributed by atoms with Gasteiger partial charge in [-0.3, -0.25) is 19.3 Å². The molecule has 2 aromatic rings. The summed E-state index contributed by atoms with van der Waals surface area (Å²) in [4.78, 5) is 39.8.